The Kier molecular flexibility index (Phi) is 3.59. The largest absolute Gasteiger partial charge is 0.508 e. The molecule has 0 aliphatic carbocycles. The number of hydrogen-bond donors (Lipinski definition) is 3. The first-order valence-electron chi connectivity index (χ1n) is 5.57. The molecule has 1 aliphatic heterocycles. The molecular weight excluding hydrogens is 188 g/mol. The van der Waals surface area contributed by atoms with Gasteiger partial charge in [-0.1, -0.05) is 18.2 Å². The van der Waals surface area contributed by atoms with Gasteiger partial charge in [0.25, 0.3) is 0 Å². The van der Waals surface area contributed by atoms with Crippen molar-refractivity contribution in [2.75, 3.05) is 13.1 Å². The molecule has 1 aromatic carbocycles. The van der Waals surface area contributed by atoms with Crippen LogP contribution in [0, 0.1) is 0 Å². The lowest BCUT2D eigenvalue weighted by Gasteiger charge is -2.11. The SMILES string of the molecule is Oc1ccccc1CNCC1CCCN1. The number of phenols is 1. The van der Waals surface area contributed by atoms with Gasteiger partial charge in [-0.2, -0.15) is 0 Å². The van der Waals surface area contributed by atoms with E-state index in [9.17, 15) is 5.11 Å². The van der Waals surface area contributed by atoms with E-state index in [0.29, 0.717) is 11.8 Å². The molecule has 15 heavy (non-hydrogen) atoms. The average Bonchev–Trinajstić information content (AvgIpc) is 2.74. The van der Waals surface area contributed by atoms with Crippen LogP contribution in [0.15, 0.2) is 24.3 Å². The maximum absolute atomic E-state index is 9.55. The number of para-hydroxylation sites is 1. The number of rotatable bonds is 4. The summed E-state index contributed by atoms with van der Waals surface area (Å²) < 4.78 is 0. The first-order valence-corrected chi connectivity index (χ1v) is 5.57. The van der Waals surface area contributed by atoms with E-state index >= 15 is 0 Å². The summed E-state index contributed by atoms with van der Waals surface area (Å²) in [6, 6.07) is 8.08. The molecule has 0 radical (unpaired) electrons. The van der Waals surface area contributed by atoms with Crippen molar-refractivity contribution in [1.29, 1.82) is 0 Å². The zero-order chi connectivity index (χ0) is 10.5. The second-order valence-electron chi connectivity index (χ2n) is 4.05. The molecule has 0 bridgehead atoms. The maximum atomic E-state index is 9.55. The molecule has 1 fully saturated rings. The highest BCUT2D eigenvalue weighted by atomic mass is 16.3. The molecule has 3 N–H and O–H groups in total. The van der Waals surface area contributed by atoms with Crippen molar-refractivity contribution in [3.05, 3.63) is 29.8 Å². The first-order chi connectivity index (χ1) is 7.36. The second-order valence-corrected chi connectivity index (χ2v) is 4.05. The van der Waals surface area contributed by atoms with E-state index in [1.54, 1.807) is 6.07 Å². The third-order valence-corrected chi connectivity index (χ3v) is 2.86. The Morgan fingerprint density at radius 1 is 1.40 bits per heavy atom. The molecule has 82 valence electrons. The summed E-state index contributed by atoms with van der Waals surface area (Å²) in [6.45, 7) is 2.86. The van der Waals surface area contributed by atoms with Crippen LogP contribution in [-0.4, -0.2) is 24.2 Å². The van der Waals surface area contributed by atoms with Gasteiger partial charge in [-0.15, -0.1) is 0 Å². The number of benzene rings is 1. The van der Waals surface area contributed by atoms with Crippen molar-refractivity contribution in [3.8, 4) is 5.75 Å². The normalized spacial score (nSPS) is 20.7. The quantitative estimate of drug-likeness (QED) is 0.694. The molecule has 1 aliphatic rings. The summed E-state index contributed by atoms with van der Waals surface area (Å²) in [5, 5.41) is 16.3. The second kappa shape index (κ2) is 5.14. The van der Waals surface area contributed by atoms with Crippen LogP contribution in [0.5, 0.6) is 5.75 Å². The van der Waals surface area contributed by atoms with Crippen LogP contribution in [-0.2, 0) is 6.54 Å². The minimum Gasteiger partial charge on any atom is -0.508 e. The molecular formula is C12H18N2O. The van der Waals surface area contributed by atoms with Crippen molar-refractivity contribution in [2.24, 2.45) is 0 Å². The Labute approximate surface area is 90.5 Å². The van der Waals surface area contributed by atoms with Crippen molar-refractivity contribution in [3.63, 3.8) is 0 Å². The van der Waals surface area contributed by atoms with E-state index in [2.05, 4.69) is 10.6 Å². The zero-order valence-corrected chi connectivity index (χ0v) is 8.87. The fourth-order valence-corrected chi connectivity index (χ4v) is 1.97. The van der Waals surface area contributed by atoms with Crippen LogP contribution in [0.25, 0.3) is 0 Å². The van der Waals surface area contributed by atoms with Gasteiger partial charge in [-0.05, 0) is 25.5 Å². The third kappa shape index (κ3) is 2.94. The van der Waals surface area contributed by atoms with Crippen molar-refractivity contribution >= 4 is 0 Å². The molecule has 0 spiro atoms. The van der Waals surface area contributed by atoms with E-state index in [0.717, 1.165) is 25.2 Å². The molecule has 2 rings (SSSR count). The molecule has 3 nitrogen and oxygen atoms in total. The van der Waals surface area contributed by atoms with Crippen LogP contribution >= 0.6 is 0 Å². The van der Waals surface area contributed by atoms with Crippen molar-refractivity contribution < 1.29 is 5.11 Å². The van der Waals surface area contributed by atoms with Crippen LogP contribution in [0.2, 0.25) is 0 Å². The lowest BCUT2D eigenvalue weighted by Crippen LogP contribution is -2.33. The molecule has 3 heteroatoms. The summed E-state index contributed by atoms with van der Waals surface area (Å²) in [6.07, 6.45) is 2.54. The van der Waals surface area contributed by atoms with Gasteiger partial charge in [0.05, 0.1) is 0 Å². The van der Waals surface area contributed by atoms with Crippen molar-refractivity contribution in [2.45, 2.75) is 25.4 Å². The average molecular weight is 206 g/mol. The number of nitrogens with one attached hydrogen (secondary N) is 2. The fraction of sp³-hybridized carbons (Fsp3) is 0.500. The standard InChI is InChI=1S/C12H18N2O/c15-12-6-2-1-4-10(12)8-13-9-11-5-3-7-14-11/h1-2,4,6,11,13-15H,3,5,7-9H2. The molecule has 1 atom stereocenters. The Morgan fingerprint density at radius 2 is 2.27 bits per heavy atom. The van der Waals surface area contributed by atoms with Gasteiger partial charge in [-0.3, -0.25) is 0 Å². The van der Waals surface area contributed by atoms with Gasteiger partial charge in [0.2, 0.25) is 0 Å². The van der Waals surface area contributed by atoms with E-state index in [4.69, 9.17) is 0 Å². The van der Waals surface area contributed by atoms with Crippen LogP contribution < -0.4 is 10.6 Å². The molecule has 0 amide bonds. The van der Waals surface area contributed by atoms with Crippen LogP contribution in [0.3, 0.4) is 0 Å². The highest BCUT2D eigenvalue weighted by Gasteiger charge is 2.12. The highest BCUT2D eigenvalue weighted by Crippen LogP contribution is 2.14. The molecule has 0 saturated carbocycles. The van der Waals surface area contributed by atoms with Crippen molar-refractivity contribution in [1.82, 2.24) is 10.6 Å². The molecule has 1 unspecified atom stereocenters. The van der Waals surface area contributed by atoms with E-state index < -0.39 is 0 Å². The Morgan fingerprint density at radius 3 is 3.00 bits per heavy atom. The van der Waals surface area contributed by atoms with E-state index in [1.165, 1.54) is 12.8 Å². The number of hydrogen-bond acceptors (Lipinski definition) is 3. The highest BCUT2D eigenvalue weighted by molar-refractivity contribution is 5.31. The van der Waals surface area contributed by atoms with E-state index in [1.807, 2.05) is 18.2 Å². The predicted molar refractivity (Wildman–Crippen MR) is 60.8 cm³/mol. The molecule has 1 saturated heterocycles. The summed E-state index contributed by atoms with van der Waals surface area (Å²) in [5.74, 6) is 0.379. The zero-order valence-electron chi connectivity index (χ0n) is 8.87. The lowest BCUT2D eigenvalue weighted by atomic mass is 10.2. The third-order valence-electron chi connectivity index (χ3n) is 2.86. The van der Waals surface area contributed by atoms with E-state index in [-0.39, 0.29) is 0 Å². The summed E-state index contributed by atoms with van der Waals surface area (Å²) in [4.78, 5) is 0. The summed E-state index contributed by atoms with van der Waals surface area (Å²) in [5.41, 5.74) is 0.968. The van der Waals surface area contributed by atoms with Gasteiger partial charge >= 0.3 is 0 Å². The van der Waals surface area contributed by atoms with Gasteiger partial charge in [0, 0.05) is 24.7 Å². The molecule has 1 aromatic rings. The smallest absolute Gasteiger partial charge is 0.120 e. The monoisotopic (exact) mass is 206 g/mol. The van der Waals surface area contributed by atoms with Gasteiger partial charge in [0.15, 0.2) is 0 Å². The number of aromatic hydroxyl groups is 1. The fourth-order valence-electron chi connectivity index (χ4n) is 1.97. The topological polar surface area (TPSA) is 44.3 Å². The Balaban J connectivity index is 1.75. The Hall–Kier alpha value is -1.06. The first kappa shape index (κ1) is 10.5. The van der Waals surface area contributed by atoms with Crippen LogP contribution in [0.1, 0.15) is 18.4 Å². The minimum atomic E-state index is 0.379. The molecule has 0 aromatic heterocycles. The van der Waals surface area contributed by atoms with Crippen LogP contribution in [0.4, 0.5) is 0 Å². The lowest BCUT2D eigenvalue weighted by molar-refractivity contribution is 0.461. The van der Waals surface area contributed by atoms with Gasteiger partial charge in [0.1, 0.15) is 5.75 Å². The summed E-state index contributed by atoms with van der Waals surface area (Å²) in [7, 11) is 0. The van der Waals surface area contributed by atoms with Gasteiger partial charge in [-0.25, -0.2) is 0 Å². The molecule has 1 heterocycles. The van der Waals surface area contributed by atoms with Gasteiger partial charge < -0.3 is 15.7 Å². The minimum absolute atomic E-state index is 0.379. The maximum Gasteiger partial charge on any atom is 0.120 e. The number of phenolic OH excluding ortho intramolecular Hbond substituents is 1. The Bertz CT molecular complexity index is 308. The summed E-state index contributed by atoms with van der Waals surface area (Å²) >= 11 is 0. The predicted octanol–water partition coefficient (Wildman–Crippen LogP) is 1.23.